The summed E-state index contributed by atoms with van der Waals surface area (Å²) in [5, 5.41) is 2.90. The van der Waals surface area contributed by atoms with Gasteiger partial charge in [0, 0.05) is 23.3 Å². The maximum atomic E-state index is 12.5. The molecule has 1 fully saturated rings. The van der Waals surface area contributed by atoms with Crippen LogP contribution < -0.4 is 10.2 Å². The molecule has 0 spiro atoms. The first-order chi connectivity index (χ1) is 11.0. The highest BCUT2D eigenvalue weighted by Gasteiger charge is 2.18. The third kappa shape index (κ3) is 3.69. The fourth-order valence-corrected chi connectivity index (χ4v) is 3.23. The van der Waals surface area contributed by atoms with Crippen molar-refractivity contribution in [3.05, 3.63) is 45.7 Å². The number of aryl methyl sites for hydroxylation is 2. The highest BCUT2D eigenvalue weighted by molar-refractivity contribution is 9.10. The first-order valence-electron chi connectivity index (χ1n) is 7.71. The van der Waals surface area contributed by atoms with E-state index in [0.29, 0.717) is 11.6 Å². The van der Waals surface area contributed by atoms with E-state index in [2.05, 4.69) is 36.1 Å². The zero-order valence-corrected chi connectivity index (χ0v) is 14.9. The molecule has 0 unspecified atom stereocenters. The van der Waals surface area contributed by atoms with Crippen LogP contribution in [-0.2, 0) is 0 Å². The number of nitrogens with zero attached hydrogens (tertiary/aromatic N) is 3. The van der Waals surface area contributed by atoms with Gasteiger partial charge in [0.05, 0.1) is 5.69 Å². The molecule has 0 aliphatic carbocycles. The minimum atomic E-state index is -0.222. The van der Waals surface area contributed by atoms with Crippen molar-refractivity contribution in [2.75, 3.05) is 23.3 Å². The zero-order valence-electron chi connectivity index (χ0n) is 13.3. The van der Waals surface area contributed by atoms with Gasteiger partial charge in [-0.25, -0.2) is 9.97 Å². The third-order valence-corrected chi connectivity index (χ3v) is 4.49. The minimum Gasteiger partial charge on any atom is -0.341 e. The molecule has 1 amide bonds. The SMILES string of the molecule is Cc1ccc(NC(=O)c2cc(C)nc(N3CCCC3)n2)c(Br)c1. The quantitative estimate of drug-likeness (QED) is 0.889. The van der Waals surface area contributed by atoms with Crippen LogP contribution in [0.5, 0.6) is 0 Å². The Morgan fingerprint density at radius 2 is 1.91 bits per heavy atom. The highest BCUT2D eigenvalue weighted by Crippen LogP contribution is 2.24. The molecule has 0 atom stereocenters. The van der Waals surface area contributed by atoms with Crippen molar-refractivity contribution in [3.8, 4) is 0 Å². The minimum absolute atomic E-state index is 0.222. The monoisotopic (exact) mass is 374 g/mol. The van der Waals surface area contributed by atoms with Crippen LogP contribution in [-0.4, -0.2) is 29.0 Å². The summed E-state index contributed by atoms with van der Waals surface area (Å²) in [7, 11) is 0. The number of nitrogens with one attached hydrogen (secondary N) is 1. The number of carbonyl (C=O) groups is 1. The third-order valence-electron chi connectivity index (χ3n) is 3.84. The van der Waals surface area contributed by atoms with Gasteiger partial charge < -0.3 is 10.2 Å². The number of halogens is 1. The Bertz CT molecular complexity index is 741. The number of amides is 1. The molecule has 0 saturated carbocycles. The Balaban J connectivity index is 1.84. The first-order valence-corrected chi connectivity index (χ1v) is 8.50. The van der Waals surface area contributed by atoms with Crippen molar-refractivity contribution in [2.24, 2.45) is 0 Å². The van der Waals surface area contributed by atoms with E-state index in [9.17, 15) is 4.79 Å². The maximum Gasteiger partial charge on any atom is 0.274 e. The number of anilines is 2. The molecule has 1 aromatic heterocycles. The van der Waals surface area contributed by atoms with E-state index in [0.717, 1.165) is 47.3 Å². The lowest BCUT2D eigenvalue weighted by Crippen LogP contribution is -2.23. The van der Waals surface area contributed by atoms with E-state index in [1.807, 2.05) is 32.0 Å². The van der Waals surface area contributed by atoms with Gasteiger partial charge in [-0.2, -0.15) is 0 Å². The van der Waals surface area contributed by atoms with Crippen LogP contribution in [0.1, 0.15) is 34.6 Å². The van der Waals surface area contributed by atoms with Gasteiger partial charge in [0.1, 0.15) is 5.69 Å². The van der Waals surface area contributed by atoms with Crippen LogP contribution in [0.15, 0.2) is 28.7 Å². The predicted octanol–water partition coefficient (Wildman–Crippen LogP) is 3.71. The van der Waals surface area contributed by atoms with Crippen molar-refractivity contribution in [1.82, 2.24) is 9.97 Å². The van der Waals surface area contributed by atoms with Gasteiger partial charge in [0.2, 0.25) is 5.95 Å². The fraction of sp³-hybridized carbons (Fsp3) is 0.353. The van der Waals surface area contributed by atoms with Gasteiger partial charge in [-0.1, -0.05) is 6.07 Å². The van der Waals surface area contributed by atoms with Gasteiger partial charge in [-0.15, -0.1) is 0 Å². The summed E-state index contributed by atoms with van der Waals surface area (Å²) in [5.74, 6) is 0.427. The van der Waals surface area contributed by atoms with E-state index in [4.69, 9.17) is 0 Å². The number of carbonyl (C=O) groups excluding carboxylic acids is 1. The topological polar surface area (TPSA) is 58.1 Å². The lowest BCUT2D eigenvalue weighted by molar-refractivity contribution is 0.102. The van der Waals surface area contributed by atoms with E-state index in [1.54, 1.807) is 6.07 Å². The molecule has 2 aromatic rings. The molecular formula is C17H19BrN4O. The fourth-order valence-electron chi connectivity index (χ4n) is 2.64. The number of benzene rings is 1. The second-order valence-corrected chi connectivity index (χ2v) is 6.68. The normalized spacial score (nSPS) is 14.1. The summed E-state index contributed by atoms with van der Waals surface area (Å²) in [6.07, 6.45) is 2.30. The summed E-state index contributed by atoms with van der Waals surface area (Å²) in [6.45, 7) is 5.80. The average Bonchev–Trinajstić information content (AvgIpc) is 3.04. The number of aromatic nitrogens is 2. The lowest BCUT2D eigenvalue weighted by atomic mass is 10.2. The highest BCUT2D eigenvalue weighted by atomic mass is 79.9. The van der Waals surface area contributed by atoms with Crippen LogP contribution in [0.2, 0.25) is 0 Å². The molecule has 5 nitrogen and oxygen atoms in total. The molecule has 1 saturated heterocycles. The Hall–Kier alpha value is -1.95. The van der Waals surface area contributed by atoms with E-state index in [-0.39, 0.29) is 5.91 Å². The summed E-state index contributed by atoms with van der Waals surface area (Å²) in [5.41, 5.74) is 3.06. The Kier molecular flexibility index (Phi) is 4.61. The van der Waals surface area contributed by atoms with Gasteiger partial charge in [-0.05, 0) is 66.4 Å². The van der Waals surface area contributed by atoms with Crippen LogP contribution in [0, 0.1) is 13.8 Å². The molecule has 1 aromatic carbocycles. The van der Waals surface area contributed by atoms with Gasteiger partial charge in [-0.3, -0.25) is 4.79 Å². The smallest absolute Gasteiger partial charge is 0.274 e. The molecule has 120 valence electrons. The van der Waals surface area contributed by atoms with Crippen LogP contribution in [0.4, 0.5) is 11.6 Å². The Morgan fingerprint density at radius 3 is 2.61 bits per heavy atom. The maximum absolute atomic E-state index is 12.5. The van der Waals surface area contributed by atoms with Gasteiger partial charge >= 0.3 is 0 Å². The van der Waals surface area contributed by atoms with Gasteiger partial charge in [0.15, 0.2) is 0 Å². The van der Waals surface area contributed by atoms with Crippen LogP contribution in [0.3, 0.4) is 0 Å². The summed E-state index contributed by atoms with van der Waals surface area (Å²) >= 11 is 3.48. The summed E-state index contributed by atoms with van der Waals surface area (Å²) < 4.78 is 0.858. The van der Waals surface area contributed by atoms with Crippen LogP contribution in [0.25, 0.3) is 0 Å². The first kappa shape index (κ1) is 15.9. The molecule has 3 rings (SSSR count). The average molecular weight is 375 g/mol. The van der Waals surface area contributed by atoms with E-state index in [1.165, 1.54) is 0 Å². The number of hydrogen-bond donors (Lipinski definition) is 1. The molecule has 2 heterocycles. The second kappa shape index (κ2) is 6.66. The molecule has 6 heteroatoms. The van der Waals surface area contributed by atoms with Crippen molar-refractivity contribution in [3.63, 3.8) is 0 Å². The molecule has 1 aliphatic heterocycles. The molecule has 1 N–H and O–H groups in total. The largest absolute Gasteiger partial charge is 0.341 e. The lowest BCUT2D eigenvalue weighted by Gasteiger charge is -2.16. The standard InChI is InChI=1S/C17H19BrN4O/c1-11-5-6-14(13(18)9-11)20-16(23)15-10-12(2)19-17(21-15)22-7-3-4-8-22/h5-6,9-10H,3-4,7-8H2,1-2H3,(H,20,23). The summed E-state index contributed by atoms with van der Waals surface area (Å²) in [4.78, 5) is 23.6. The molecule has 0 bridgehead atoms. The van der Waals surface area contributed by atoms with Gasteiger partial charge in [0.25, 0.3) is 5.91 Å². The van der Waals surface area contributed by atoms with Crippen LogP contribution >= 0.6 is 15.9 Å². The van der Waals surface area contributed by atoms with Crippen molar-refractivity contribution in [2.45, 2.75) is 26.7 Å². The number of hydrogen-bond acceptors (Lipinski definition) is 4. The molecular weight excluding hydrogens is 356 g/mol. The number of rotatable bonds is 3. The molecule has 1 aliphatic rings. The second-order valence-electron chi connectivity index (χ2n) is 5.83. The van der Waals surface area contributed by atoms with Crippen molar-refractivity contribution in [1.29, 1.82) is 0 Å². The molecule has 0 radical (unpaired) electrons. The van der Waals surface area contributed by atoms with E-state index >= 15 is 0 Å². The van der Waals surface area contributed by atoms with Crippen molar-refractivity contribution < 1.29 is 4.79 Å². The Morgan fingerprint density at radius 1 is 1.17 bits per heavy atom. The Labute approximate surface area is 144 Å². The van der Waals surface area contributed by atoms with Crippen molar-refractivity contribution >= 4 is 33.5 Å². The summed E-state index contributed by atoms with van der Waals surface area (Å²) in [6, 6.07) is 7.53. The molecule has 23 heavy (non-hydrogen) atoms. The van der Waals surface area contributed by atoms with E-state index < -0.39 is 0 Å². The predicted molar refractivity (Wildman–Crippen MR) is 95.0 cm³/mol. The zero-order chi connectivity index (χ0) is 16.4.